The first-order valence-electron chi connectivity index (χ1n) is 6.21. The van der Waals surface area contributed by atoms with Crippen LogP contribution in [0.15, 0.2) is 24.4 Å². The summed E-state index contributed by atoms with van der Waals surface area (Å²) in [5.74, 6) is 0.630. The third-order valence-electron chi connectivity index (χ3n) is 3.72. The Balaban J connectivity index is 2.13. The van der Waals surface area contributed by atoms with E-state index < -0.39 is 0 Å². The average molecular weight is 249 g/mol. The van der Waals surface area contributed by atoms with Gasteiger partial charge in [-0.3, -0.25) is 0 Å². The Hall–Kier alpha value is -0.990. The lowest BCUT2D eigenvalue weighted by Crippen LogP contribution is -2.28. The number of fused-ring (bicyclic) bond motifs is 1. The zero-order valence-electron chi connectivity index (χ0n) is 10.0. The predicted molar refractivity (Wildman–Crippen MR) is 72.8 cm³/mol. The molecule has 1 aromatic heterocycles. The van der Waals surface area contributed by atoms with Gasteiger partial charge in [0.2, 0.25) is 0 Å². The number of aromatic nitrogens is 1. The summed E-state index contributed by atoms with van der Waals surface area (Å²) in [7, 11) is 2.08. The van der Waals surface area contributed by atoms with Gasteiger partial charge in [0.05, 0.1) is 10.5 Å². The Bertz CT molecular complexity index is 538. The molecule has 17 heavy (non-hydrogen) atoms. The zero-order chi connectivity index (χ0) is 11.8. The first-order valence-corrected chi connectivity index (χ1v) is 6.59. The van der Waals surface area contributed by atoms with Crippen LogP contribution in [-0.2, 0) is 7.05 Å². The van der Waals surface area contributed by atoms with Crippen molar-refractivity contribution in [1.82, 2.24) is 9.88 Å². The number of halogens is 1. The molecular weight excluding hydrogens is 232 g/mol. The van der Waals surface area contributed by atoms with Crippen molar-refractivity contribution in [3.63, 3.8) is 0 Å². The van der Waals surface area contributed by atoms with E-state index in [1.165, 1.54) is 23.8 Å². The number of nitrogens with zero attached hydrogens (tertiary/aromatic N) is 1. The monoisotopic (exact) mass is 248 g/mol. The van der Waals surface area contributed by atoms with Gasteiger partial charge in [-0.1, -0.05) is 23.7 Å². The van der Waals surface area contributed by atoms with Crippen LogP contribution in [0.5, 0.6) is 0 Å². The van der Waals surface area contributed by atoms with Crippen LogP contribution in [0.25, 0.3) is 10.9 Å². The van der Waals surface area contributed by atoms with Crippen molar-refractivity contribution in [2.45, 2.75) is 18.8 Å². The van der Waals surface area contributed by atoms with Gasteiger partial charge in [0, 0.05) is 25.2 Å². The van der Waals surface area contributed by atoms with E-state index in [2.05, 4.69) is 29.2 Å². The van der Waals surface area contributed by atoms with Gasteiger partial charge in [0.25, 0.3) is 0 Å². The lowest BCUT2D eigenvalue weighted by Gasteiger charge is -2.22. The van der Waals surface area contributed by atoms with E-state index in [1.54, 1.807) is 0 Å². The third-order valence-corrected chi connectivity index (χ3v) is 4.02. The van der Waals surface area contributed by atoms with Crippen LogP contribution in [0.4, 0.5) is 0 Å². The maximum Gasteiger partial charge on any atom is 0.0669 e. The van der Waals surface area contributed by atoms with Crippen molar-refractivity contribution in [3.05, 3.63) is 35.0 Å². The number of nitrogens with one attached hydrogen (secondary N) is 1. The zero-order valence-corrected chi connectivity index (χ0v) is 10.8. The maximum absolute atomic E-state index is 6.28. The second-order valence-corrected chi connectivity index (χ2v) is 5.28. The molecule has 2 nitrogen and oxygen atoms in total. The minimum atomic E-state index is 0.630. The Morgan fingerprint density at radius 2 is 2.29 bits per heavy atom. The fraction of sp³-hybridized carbons (Fsp3) is 0.429. The van der Waals surface area contributed by atoms with E-state index in [-0.39, 0.29) is 0 Å². The number of hydrogen-bond donors (Lipinski definition) is 1. The second-order valence-electron chi connectivity index (χ2n) is 4.87. The summed E-state index contributed by atoms with van der Waals surface area (Å²) in [6.07, 6.45) is 4.79. The summed E-state index contributed by atoms with van der Waals surface area (Å²) in [6.45, 7) is 2.24. The summed E-state index contributed by atoms with van der Waals surface area (Å²) in [4.78, 5) is 0. The van der Waals surface area contributed by atoms with Crippen LogP contribution < -0.4 is 5.32 Å². The van der Waals surface area contributed by atoms with Crippen molar-refractivity contribution < 1.29 is 0 Å². The Morgan fingerprint density at radius 1 is 1.41 bits per heavy atom. The van der Waals surface area contributed by atoms with Crippen molar-refractivity contribution in [3.8, 4) is 0 Å². The topological polar surface area (TPSA) is 17.0 Å². The lowest BCUT2D eigenvalue weighted by atomic mass is 9.91. The number of piperidine rings is 1. The van der Waals surface area contributed by atoms with E-state index in [9.17, 15) is 0 Å². The van der Waals surface area contributed by atoms with Crippen molar-refractivity contribution in [2.75, 3.05) is 13.1 Å². The highest BCUT2D eigenvalue weighted by atomic mass is 35.5. The molecule has 0 saturated carbocycles. The number of benzene rings is 1. The molecule has 3 heteroatoms. The first kappa shape index (κ1) is 11.1. The van der Waals surface area contributed by atoms with Gasteiger partial charge in [-0.15, -0.1) is 0 Å². The van der Waals surface area contributed by atoms with Gasteiger partial charge in [-0.2, -0.15) is 0 Å². The highest BCUT2D eigenvalue weighted by Crippen LogP contribution is 2.34. The Kier molecular flexibility index (Phi) is 2.85. The fourth-order valence-electron chi connectivity index (χ4n) is 2.89. The minimum Gasteiger partial charge on any atom is -0.349 e. The molecule has 1 atom stereocenters. The van der Waals surface area contributed by atoms with Crippen molar-refractivity contribution in [1.29, 1.82) is 0 Å². The van der Waals surface area contributed by atoms with E-state index in [4.69, 9.17) is 11.6 Å². The van der Waals surface area contributed by atoms with Gasteiger partial charge in [0.15, 0.2) is 0 Å². The molecule has 90 valence electrons. The van der Waals surface area contributed by atoms with Crippen LogP contribution >= 0.6 is 11.6 Å². The Morgan fingerprint density at radius 3 is 3.06 bits per heavy atom. The Labute approximate surface area is 107 Å². The second kappa shape index (κ2) is 4.35. The van der Waals surface area contributed by atoms with Gasteiger partial charge in [0.1, 0.15) is 0 Å². The standard InChI is InChI=1S/C14H17ClN2/c1-17-9-12(10-4-3-7-16-8-10)11-5-2-6-13(15)14(11)17/h2,5-6,9-10,16H,3-4,7-8H2,1H3. The normalized spacial score (nSPS) is 20.9. The molecule has 1 aliphatic rings. The highest BCUT2D eigenvalue weighted by Gasteiger charge is 2.20. The van der Waals surface area contributed by atoms with Crippen LogP contribution in [0.2, 0.25) is 5.02 Å². The van der Waals surface area contributed by atoms with Crippen LogP contribution in [-0.4, -0.2) is 17.7 Å². The first-order chi connectivity index (χ1) is 8.27. The van der Waals surface area contributed by atoms with Crippen molar-refractivity contribution >= 4 is 22.5 Å². The molecule has 1 unspecified atom stereocenters. The van der Waals surface area contributed by atoms with Gasteiger partial charge in [-0.25, -0.2) is 0 Å². The molecule has 2 aromatic rings. The molecule has 1 aromatic carbocycles. The van der Waals surface area contributed by atoms with Crippen LogP contribution in [0, 0.1) is 0 Å². The largest absolute Gasteiger partial charge is 0.349 e. The number of hydrogen-bond acceptors (Lipinski definition) is 1. The molecule has 0 spiro atoms. The minimum absolute atomic E-state index is 0.630. The van der Waals surface area contributed by atoms with Crippen molar-refractivity contribution in [2.24, 2.45) is 7.05 Å². The van der Waals surface area contributed by atoms with Gasteiger partial charge in [-0.05, 0) is 36.9 Å². The molecule has 3 rings (SSSR count). The number of para-hydroxylation sites is 1. The molecule has 2 heterocycles. The maximum atomic E-state index is 6.28. The van der Waals surface area contributed by atoms with E-state index in [0.717, 1.165) is 23.6 Å². The molecule has 1 saturated heterocycles. The molecule has 0 bridgehead atoms. The van der Waals surface area contributed by atoms with Crippen LogP contribution in [0.1, 0.15) is 24.3 Å². The smallest absolute Gasteiger partial charge is 0.0669 e. The van der Waals surface area contributed by atoms with E-state index in [0.29, 0.717) is 5.92 Å². The molecule has 0 aliphatic carbocycles. The van der Waals surface area contributed by atoms with E-state index >= 15 is 0 Å². The molecule has 1 N–H and O–H groups in total. The van der Waals surface area contributed by atoms with E-state index in [1.807, 2.05) is 12.1 Å². The summed E-state index contributed by atoms with van der Waals surface area (Å²) < 4.78 is 2.15. The molecule has 1 fully saturated rings. The molecule has 1 aliphatic heterocycles. The highest BCUT2D eigenvalue weighted by molar-refractivity contribution is 6.35. The summed E-state index contributed by atoms with van der Waals surface area (Å²) in [5, 5.41) is 5.64. The van der Waals surface area contributed by atoms with Gasteiger partial charge < -0.3 is 9.88 Å². The molecular formula is C14H17ClN2. The SMILES string of the molecule is Cn1cc(C2CCCNC2)c2cccc(Cl)c21. The molecule has 0 amide bonds. The number of aryl methyl sites for hydroxylation is 1. The summed E-state index contributed by atoms with van der Waals surface area (Å²) in [6, 6.07) is 6.20. The molecule has 0 radical (unpaired) electrons. The predicted octanol–water partition coefficient (Wildman–Crippen LogP) is 3.30. The number of rotatable bonds is 1. The van der Waals surface area contributed by atoms with Crippen LogP contribution in [0.3, 0.4) is 0 Å². The third kappa shape index (κ3) is 1.85. The van der Waals surface area contributed by atoms with Gasteiger partial charge >= 0.3 is 0 Å². The quantitative estimate of drug-likeness (QED) is 0.820. The fourth-order valence-corrected chi connectivity index (χ4v) is 3.20. The summed E-state index contributed by atoms with van der Waals surface area (Å²) >= 11 is 6.28. The lowest BCUT2D eigenvalue weighted by molar-refractivity contribution is 0.463. The summed E-state index contributed by atoms with van der Waals surface area (Å²) in [5.41, 5.74) is 2.60. The average Bonchev–Trinajstić information content (AvgIpc) is 2.69.